The Bertz CT molecular complexity index is 366. The summed E-state index contributed by atoms with van der Waals surface area (Å²) in [6.45, 7) is 8.81. The zero-order valence-electron chi connectivity index (χ0n) is 11.7. The number of nitrogens with zero attached hydrogens (tertiary/aromatic N) is 2. The molecule has 1 aromatic rings. The second kappa shape index (κ2) is 7.59. The molecule has 0 unspecified atom stereocenters. The SMILES string of the molecule is CC(C)CSCc1nc(CC(C)C)cc(NN)n1. The smallest absolute Gasteiger partial charge is 0.143 e. The normalized spacial score (nSPS) is 11.3. The van der Waals surface area contributed by atoms with E-state index in [4.69, 9.17) is 5.84 Å². The summed E-state index contributed by atoms with van der Waals surface area (Å²) in [5, 5.41) is 0. The molecule has 4 nitrogen and oxygen atoms in total. The van der Waals surface area contributed by atoms with Gasteiger partial charge in [0.2, 0.25) is 0 Å². The molecule has 102 valence electrons. The Morgan fingerprint density at radius 2 is 1.94 bits per heavy atom. The molecular weight excluding hydrogens is 244 g/mol. The Labute approximate surface area is 114 Å². The maximum absolute atomic E-state index is 5.45. The van der Waals surface area contributed by atoms with Crippen LogP contribution < -0.4 is 11.3 Å². The molecule has 0 saturated heterocycles. The van der Waals surface area contributed by atoms with E-state index in [-0.39, 0.29) is 0 Å². The van der Waals surface area contributed by atoms with Crippen LogP contribution in [0.2, 0.25) is 0 Å². The van der Waals surface area contributed by atoms with E-state index in [1.54, 1.807) is 0 Å². The molecule has 3 N–H and O–H groups in total. The first-order valence-corrected chi connectivity index (χ1v) is 7.58. The molecule has 0 fully saturated rings. The van der Waals surface area contributed by atoms with Crippen molar-refractivity contribution in [1.82, 2.24) is 9.97 Å². The molecule has 5 heteroatoms. The van der Waals surface area contributed by atoms with E-state index in [0.717, 1.165) is 29.4 Å². The van der Waals surface area contributed by atoms with Crippen molar-refractivity contribution >= 4 is 17.6 Å². The van der Waals surface area contributed by atoms with E-state index >= 15 is 0 Å². The van der Waals surface area contributed by atoms with Gasteiger partial charge >= 0.3 is 0 Å². The molecule has 0 saturated carbocycles. The minimum absolute atomic E-state index is 0.585. The van der Waals surface area contributed by atoms with Crippen molar-refractivity contribution in [1.29, 1.82) is 0 Å². The molecular formula is C13H24N4S. The predicted molar refractivity (Wildman–Crippen MR) is 79.4 cm³/mol. The van der Waals surface area contributed by atoms with Crippen LogP contribution in [0.1, 0.15) is 39.2 Å². The zero-order chi connectivity index (χ0) is 13.5. The fourth-order valence-corrected chi connectivity index (χ4v) is 2.50. The molecule has 18 heavy (non-hydrogen) atoms. The number of nitrogens with two attached hydrogens (primary N) is 1. The Morgan fingerprint density at radius 3 is 2.50 bits per heavy atom. The van der Waals surface area contributed by atoms with Crippen molar-refractivity contribution in [3.63, 3.8) is 0 Å². The van der Waals surface area contributed by atoms with Crippen molar-refractivity contribution in [3.05, 3.63) is 17.6 Å². The quantitative estimate of drug-likeness (QED) is 0.588. The molecule has 0 aliphatic heterocycles. The van der Waals surface area contributed by atoms with Crippen LogP contribution in [0.3, 0.4) is 0 Å². The topological polar surface area (TPSA) is 63.8 Å². The first-order chi connectivity index (χ1) is 8.51. The molecule has 0 aromatic carbocycles. The highest BCUT2D eigenvalue weighted by molar-refractivity contribution is 7.98. The molecule has 1 rings (SSSR count). The van der Waals surface area contributed by atoms with Crippen LogP contribution in [0.5, 0.6) is 0 Å². The van der Waals surface area contributed by atoms with E-state index in [9.17, 15) is 0 Å². The number of hydrazine groups is 1. The number of nitrogen functional groups attached to an aromatic ring is 1. The zero-order valence-corrected chi connectivity index (χ0v) is 12.5. The number of nitrogens with one attached hydrogen (secondary N) is 1. The summed E-state index contributed by atoms with van der Waals surface area (Å²) < 4.78 is 0. The van der Waals surface area contributed by atoms with Gasteiger partial charge in [0, 0.05) is 11.8 Å². The van der Waals surface area contributed by atoms with Crippen LogP contribution in [-0.2, 0) is 12.2 Å². The summed E-state index contributed by atoms with van der Waals surface area (Å²) in [6.07, 6.45) is 0.957. The van der Waals surface area contributed by atoms with Crippen molar-refractivity contribution in [2.75, 3.05) is 11.2 Å². The van der Waals surface area contributed by atoms with Crippen molar-refractivity contribution in [3.8, 4) is 0 Å². The van der Waals surface area contributed by atoms with Gasteiger partial charge in [-0.1, -0.05) is 27.7 Å². The van der Waals surface area contributed by atoms with Gasteiger partial charge in [-0.25, -0.2) is 15.8 Å². The third-order valence-corrected chi connectivity index (χ3v) is 3.64. The summed E-state index contributed by atoms with van der Waals surface area (Å²) in [7, 11) is 0. The number of hydrogen-bond acceptors (Lipinski definition) is 5. The van der Waals surface area contributed by atoms with E-state index in [2.05, 4.69) is 43.1 Å². The largest absolute Gasteiger partial charge is 0.308 e. The van der Waals surface area contributed by atoms with E-state index in [1.807, 2.05) is 17.8 Å². The van der Waals surface area contributed by atoms with E-state index in [1.165, 1.54) is 0 Å². The highest BCUT2D eigenvalue weighted by Crippen LogP contribution is 2.16. The average molecular weight is 268 g/mol. The summed E-state index contributed by atoms with van der Waals surface area (Å²) in [5.41, 5.74) is 3.68. The number of aromatic nitrogens is 2. The molecule has 0 spiro atoms. The lowest BCUT2D eigenvalue weighted by Crippen LogP contribution is -2.12. The number of rotatable bonds is 7. The molecule has 0 amide bonds. The van der Waals surface area contributed by atoms with Gasteiger partial charge < -0.3 is 5.43 Å². The first kappa shape index (κ1) is 15.2. The van der Waals surface area contributed by atoms with Gasteiger partial charge in [-0.2, -0.15) is 11.8 Å². The number of thioether (sulfide) groups is 1. The van der Waals surface area contributed by atoms with Crippen molar-refractivity contribution in [2.45, 2.75) is 39.9 Å². The lowest BCUT2D eigenvalue weighted by atomic mass is 10.1. The summed E-state index contributed by atoms with van der Waals surface area (Å²) in [6, 6.07) is 1.93. The van der Waals surface area contributed by atoms with Gasteiger partial charge in [0.05, 0.1) is 5.75 Å². The maximum Gasteiger partial charge on any atom is 0.143 e. The molecule has 0 bridgehead atoms. The van der Waals surface area contributed by atoms with Crippen LogP contribution in [-0.4, -0.2) is 15.7 Å². The minimum Gasteiger partial charge on any atom is -0.308 e. The second-order valence-electron chi connectivity index (χ2n) is 5.31. The van der Waals surface area contributed by atoms with Crippen LogP contribution in [0.15, 0.2) is 6.07 Å². The fourth-order valence-electron chi connectivity index (χ4n) is 1.60. The van der Waals surface area contributed by atoms with Crippen LogP contribution in [0, 0.1) is 11.8 Å². The minimum atomic E-state index is 0.585. The maximum atomic E-state index is 5.45. The predicted octanol–water partition coefficient (Wildman–Crippen LogP) is 2.85. The van der Waals surface area contributed by atoms with Gasteiger partial charge in [-0.15, -0.1) is 0 Å². The Hall–Kier alpha value is -0.810. The van der Waals surface area contributed by atoms with Gasteiger partial charge in [-0.05, 0) is 24.0 Å². The Balaban J connectivity index is 2.70. The second-order valence-corrected chi connectivity index (χ2v) is 6.34. The number of anilines is 1. The summed E-state index contributed by atoms with van der Waals surface area (Å²) >= 11 is 1.87. The van der Waals surface area contributed by atoms with Gasteiger partial charge in [0.25, 0.3) is 0 Å². The third kappa shape index (κ3) is 5.69. The molecule has 1 aromatic heterocycles. The van der Waals surface area contributed by atoms with E-state index in [0.29, 0.717) is 17.7 Å². The summed E-state index contributed by atoms with van der Waals surface area (Å²) in [4.78, 5) is 8.98. The van der Waals surface area contributed by atoms with Crippen LogP contribution in [0.4, 0.5) is 5.82 Å². The third-order valence-electron chi connectivity index (χ3n) is 2.27. The summed E-state index contributed by atoms with van der Waals surface area (Å²) in [5.74, 6) is 10.3. The molecule has 0 aliphatic carbocycles. The molecule has 0 radical (unpaired) electrons. The van der Waals surface area contributed by atoms with Crippen LogP contribution in [0.25, 0.3) is 0 Å². The highest BCUT2D eigenvalue weighted by atomic mass is 32.2. The monoisotopic (exact) mass is 268 g/mol. The average Bonchev–Trinajstić information content (AvgIpc) is 2.27. The van der Waals surface area contributed by atoms with Gasteiger partial charge in [-0.3, -0.25) is 0 Å². The standard InChI is InChI=1S/C13H24N4S/c1-9(2)5-11-6-12(17-14)16-13(15-11)8-18-7-10(3)4/h6,9-10H,5,7-8,14H2,1-4H3,(H,15,16,17). The highest BCUT2D eigenvalue weighted by Gasteiger charge is 2.06. The van der Waals surface area contributed by atoms with Crippen molar-refractivity contribution in [2.24, 2.45) is 17.7 Å². The number of hydrogen-bond donors (Lipinski definition) is 2. The lowest BCUT2D eigenvalue weighted by Gasteiger charge is -2.09. The lowest BCUT2D eigenvalue weighted by molar-refractivity contribution is 0.632. The van der Waals surface area contributed by atoms with Gasteiger partial charge in [0.15, 0.2) is 0 Å². The molecule has 0 aliphatic rings. The molecule has 1 heterocycles. The van der Waals surface area contributed by atoms with Crippen molar-refractivity contribution < 1.29 is 0 Å². The fraction of sp³-hybridized carbons (Fsp3) is 0.692. The van der Waals surface area contributed by atoms with Crippen LogP contribution >= 0.6 is 11.8 Å². The first-order valence-electron chi connectivity index (χ1n) is 6.42. The van der Waals surface area contributed by atoms with E-state index < -0.39 is 0 Å². The molecule has 0 atom stereocenters. The Kier molecular flexibility index (Phi) is 6.43. The van der Waals surface area contributed by atoms with Gasteiger partial charge in [0.1, 0.15) is 11.6 Å². The Morgan fingerprint density at radius 1 is 1.22 bits per heavy atom.